The third kappa shape index (κ3) is 3.30. The van der Waals surface area contributed by atoms with E-state index in [1.165, 1.54) is 4.31 Å². The molecule has 0 aromatic heterocycles. The smallest absolute Gasteiger partial charge is 0.243 e. The first-order chi connectivity index (χ1) is 9.79. The summed E-state index contributed by atoms with van der Waals surface area (Å²) in [5.41, 5.74) is 0.812. The second kappa shape index (κ2) is 6.07. The van der Waals surface area contributed by atoms with Gasteiger partial charge >= 0.3 is 0 Å². The molecule has 1 saturated heterocycles. The van der Waals surface area contributed by atoms with Crippen molar-refractivity contribution in [3.8, 4) is 0 Å². The largest absolute Gasteiger partial charge is 0.395 e. The molecule has 1 aromatic carbocycles. The van der Waals surface area contributed by atoms with E-state index in [0.717, 1.165) is 24.8 Å². The molecule has 0 aliphatic carbocycles. The summed E-state index contributed by atoms with van der Waals surface area (Å²) in [5.74, 6) is 0. The van der Waals surface area contributed by atoms with Gasteiger partial charge in [-0.1, -0.05) is 38.0 Å². The minimum absolute atomic E-state index is 0.141. The van der Waals surface area contributed by atoms with Crippen molar-refractivity contribution in [2.75, 3.05) is 13.2 Å². The first-order valence-electron chi connectivity index (χ1n) is 7.48. The summed E-state index contributed by atoms with van der Waals surface area (Å²) in [6.07, 6.45) is 2.76. The van der Waals surface area contributed by atoms with Gasteiger partial charge in [0.15, 0.2) is 0 Å². The molecule has 0 bridgehead atoms. The van der Waals surface area contributed by atoms with E-state index in [-0.39, 0.29) is 18.1 Å². The van der Waals surface area contributed by atoms with Crippen LogP contribution in [0.3, 0.4) is 0 Å². The highest BCUT2D eigenvalue weighted by molar-refractivity contribution is 7.89. The van der Waals surface area contributed by atoms with E-state index in [0.29, 0.717) is 11.4 Å². The first-order valence-corrected chi connectivity index (χ1v) is 8.92. The summed E-state index contributed by atoms with van der Waals surface area (Å²) in [6, 6.07) is 6.55. The van der Waals surface area contributed by atoms with Crippen molar-refractivity contribution >= 4 is 10.0 Å². The summed E-state index contributed by atoms with van der Waals surface area (Å²) in [6.45, 7) is 6.35. The minimum Gasteiger partial charge on any atom is -0.395 e. The molecule has 0 amide bonds. The van der Waals surface area contributed by atoms with Crippen LogP contribution in [0.1, 0.15) is 38.7 Å². The molecule has 1 aliphatic heterocycles. The van der Waals surface area contributed by atoms with E-state index in [9.17, 15) is 13.5 Å². The number of aliphatic hydroxyl groups excluding tert-OH is 1. The second-order valence-corrected chi connectivity index (χ2v) is 8.46. The molecule has 1 aromatic rings. The highest BCUT2D eigenvalue weighted by Gasteiger charge is 2.41. The maximum absolute atomic E-state index is 12.9. The van der Waals surface area contributed by atoms with Gasteiger partial charge < -0.3 is 5.11 Å². The lowest BCUT2D eigenvalue weighted by Gasteiger charge is -2.38. The van der Waals surface area contributed by atoms with Crippen molar-refractivity contribution < 1.29 is 13.5 Å². The number of sulfonamides is 1. The van der Waals surface area contributed by atoms with Crippen molar-refractivity contribution in [3.05, 3.63) is 29.8 Å². The van der Waals surface area contributed by atoms with Gasteiger partial charge in [-0.05, 0) is 37.3 Å². The molecule has 2 rings (SSSR count). The number of rotatable bonds is 3. The van der Waals surface area contributed by atoms with E-state index in [2.05, 4.69) is 0 Å². The topological polar surface area (TPSA) is 57.6 Å². The number of nitrogens with zero attached hydrogens (tertiary/aromatic N) is 1. The Morgan fingerprint density at radius 3 is 2.43 bits per heavy atom. The van der Waals surface area contributed by atoms with Crippen molar-refractivity contribution in [2.45, 2.75) is 51.0 Å². The molecular weight excluding hydrogens is 286 g/mol. The lowest BCUT2D eigenvalue weighted by Crippen LogP contribution is -2.49. The third-order valence-corrected chi connectivity index (χ3v) is 6.42. The van der Waals surface area contributed by atoms with Gasteiger partial charge in [-0.25, -0.2) is 8.42 Å². The standard InChI is InChI=1S/C16H25NO3S/c1-13-6-8-14(9-7-13)21(19,20)17-11-5-4-10-16(2,3)15(17)12-18/h6-9,15,18H,4-5,10-12H2,1-3H3. The predicted molar refractivity (Wildman–Crippen MR) is 83.6 cm³/mol. The first kappa shape index (κ1) is 16.5. The molecule has 0 saturated carbocycles. The van der Waals surface area contributed by atoms with Crippen LogP contribution in [0.15, 0.2) is 29.2 Å². The van der Waals surface area contributed by atoms with E-state index in [4.69, 9.17) is 0 Å². The van der Waals surface area contributed by atoms with Gasteiger partial charge in [0.05, 0.1) is 17.5 Å². The maximum atomic E-state index is 12.9. The number of aliphatic hydroxyl groups is 1. The Bertz CT molecular complexity index is 578. The van der Waals surface area contributed by atoms with Crippen LogP contribution in [0.4, 0.5) is 0 Å². The number of aryl methyl sites for hydroxylation is 1. The normalized spacial score (nSPS) is 23.7. The van der Waals surface area contributed by atoms with Crippen LogP contribution in [0.5, 0.6) is 0 Å². The van der Waals surface area contributed by atoms with Crippen LogP contribution in [0.25, 0.3) is 0 Å². The molecular formula is C16H25NO3S. The number of hydrogen-bond acceptors (Lipinski definition) is 3. The zero-order valence-electron chi connectivity index (χ0n) is 13.0. The number of hydrogen-bond donors (Lipinski definition) is 1. The van der Waals surface area contributed by atoms with E-state index in [1.807, 2.05) is 32.9 Å². The quantitative estimate of drug-likeness (QED) is 0.933. The predicted octanol–water partition coefficient (Wildman–Crippen LogP) is 2.56. The molecule has 0 spiro atoms. The fourth-order valence-corrected chi connectivity index (χ4v) is 4.84. The monoisotopic (exact) mass is 311 g/mol. The third-order valence-electron chi connectivity index (χ3n) is 4.50. The summed E-state index contributed by atoms with van der Waals surface area (Å²) >= 11 is 0. The Morgan fingerprint density at radius 1 is 1.24 bits per heavy atom. The average Bonchev–Trinajstić information content (AvgIpc) is 2.57. The van der Waals surface area contributed by atoms with Crippen LogP contribution in [0.2, 0.25) is 0 Å². The van der Waals surface area contributed by atoms with Crippen molar-refractivity contribution in [3.63, 3.8) is 0 Å². The zero-order valence-corrected chi connectivity index (χ0v) is 13.9. The summed E-state index contributed by atoms with van der Waals surface area (Å²) < 4.78 is 27.4. The van der Waals surface area contributed by atoms with Gasteiger partial charge in [0.1, 0.15) is 0 Å². The molecule has 21 heavy (non-hydrogen) atoms. The Hall–Kier alpha value is -0.910. The second-order valence-electron chi connectivity index (χ2n) is 6.57. The van der Waals surface area contributed by atoms with Crippen LogP contribution in [-0.2, 0) is 10.0 Å². The van der Waals surface area contributed by atoms with Gasteiger partial charge in [-0.15, -0.1) is 0 Å². The minimum atomic E-state index is -3.56. The summed E-state index contributed by atoms with van der Waals surface area (Å²) in [7, 11) is -3.56. The SMILES string of the molecule is Cc1ccc(S(=O)(=O)N2CCCCC(C)(C)C2CO)cc1. The Morgan fingerprint density at radius 2 is 1.86 bits per heavy atom. The fourth-order valence-electron chi connectivity index (χ4n) is 3.03. The molecule has 0 radical (unpaired) electrons. The molecule has 1 aliphatic rings. The molecule has 1 N–H and O–H groups in total. The van der Waals surface area contributed by atoms with E-state index < -0.39 is 10.0 Å². The Balaban J connectivity index is 2.43. The van der Waals surface area contributed by atoms with Gasteiger partial charge in [0, 0.05) is 6.54 Å². The Labute approximate surface area is 127 Å². The van der Waals surface area contributed by atoms with Crippen molar-refractivity contribution in [2.24, 2.45) is 5.41 Å². The fraction of sp³-hybridized carbons (Fsp3) is 0.625. The summed E-state index contributed by atoms with van der Waals surface area (Å²) in [4.78, 5) is 0.309. The molecule has 5 heteroatoms. The zero-order chi connectivity index (χ0) is 15.7. The van der Waals surface area contributed by atoms with Gasteiger partial charge in [0.2, 0.25) is 10.0 Å². The van der Waals surface area contributed by atoms with Crippen molar-refractivity contribution in [1.29, 1.82) is 0 Å². The molecule has 4 nitrogen and oxygen atoms in total. The number of benzene rings is 1. The van der Waals surface area contributed by atoms with Gasteiger partial charge in [-0.2, -0.15) is 4.31 Å². The highest BCUT2D eigenvalue weighted by atomic mass is 32.2. The molecule has 1 heterocycles. The van der Waals surface area contributed by atoms with Crippen LogP contribution in [-0.4, -0.2) is 37.0 Å². The van der Waals surface area contributed by atoms with Gasteiger partial charge in [0.25, 0.3) is 0 Å². The van der Waals surface area contributed by atoms with Crippen LogP contribution >= 0.6 is 0 Å². The molecule has 118 valence electrons. The maximum Gasteiger partial charge on any atom is 0.243 e. The van der Waals surface area contributed by atoms with E-state index >= 15 is 0 Å². The summed E-state index contributed by atoms with van der Waals surface area (Å²) in [5, 5.41) is 9.77. The highest BCUT2D eigenvalue weighted by Crippen LogP contribution is 2.36. The van der Waals surface area contributed by atoms with Crippen LogP contribution in [0, 0.1) is 12.3 Å². The average molecular weight is 311 g/mol. The lowest BCUT2D eigenvalue weighted by molar-refractivity contribution is 0.0975. The molecule has 1 fully saturated rings. The molecule has 1 atom stereocenters. The van der Waals surface area contributed by atoms with Crippen LogP contribution < -0.4 is 0 Å². The lowest BCUT2D eigenvalue weighted by atomic mass is 9.81. The van der Waals surface area contributed by atoms with Crippen molar-refractivity contribution in [1.82, 2.24) is 4.31 Å². The van der Waals surface area contributed by atoms with Gasteiger partial charge in [-0.3, -0.25) is 0 Å². The van der Waals surface area contributed by atoms with E-state index in [1.54, 1.807) is 12.1 Å². The Kier molecular flexibility index (Phi) is 4.76. The molecule has 1 unspecified atom stereocenters.